The molecule has 3 fully saturated rings. The predicted octanol–water partition coefficient (Wildman–Crippen LogP) is 5.07. The molecular weight excluding hydrogens is 288 g/mol. The molecule has 104 valence electrons. The minimum Gasteiger partial charge on any atom is -0.378 e. The second-order valence-corrected chi connectivity index (χ2v) is 7.90. The lowest BCUT2D eigenvalue weighted by Crippen LogP contribution is -2.55. The Morgan fingerprint density at radius 1 is 1.00 bits per heavy atom. The molecule has 0 aliphatic heterocycles. The molecule has 3 rings (SSSR count). The topological polar surface area (TPSA) is 9.23 Å². The maximum atomic E-state index is 6.27. The Labute approximate surface area is 120 Å². The van der Waals surface area contributed by atoms with Crippen molar-refractivity contribution in [2.24, 2.45) is 11.3 Å². The fraction of sp³-hybridized carbons (Fsp3) is 1.00. The second kappa shape index (κ2) is 5.83. The first kappa shape index (κ1) is 13.4. The van der Waals surface area contributed by atoms with Crippen LogP contribution >= 0.6 is 15.9 Å². The highest BCUT2D eigenvalue weighted by Crippen LogP contribution is 2.55. The van der Waals surface area contributed by atoms with E-state index in [2.05, 4.69) is 15.9 Å². The van der Waals surface area contributed by atoms with E-state index in [4.69, 9.17) is 4.74 Å². The summed E-state index contributed by atoms with van der Waals surface area (Å²) in [6.07, 6.45) is 16.0. The van der Waals surface area contributed by atoms with Gasteiger partial charge in [-0.1, -0.05) is 60.9 Å². The van der Waals surface area contributed by atoms with Gasteiger partial charge in [0.25, 0.3) is 0 Å². The maximum Gasteiger partial charge on any atom is 0.0652 e. The van der Waals surface area contributed by atoms with Crippen molar-refractivity contribution in [1.82, 2.24) is 0 Å². The van der Waals surface area contributed by atoms with Crippen molar-refractivity contribution >= 4 is 15.9 Å². The van der Waals surface area contributed by atoms with Gasteiger partial charge in [0.1, 0.15) is 0 Å². The lowest BCUT2D eigenvalue weighted by molar-refractivity contribution is -0.115. The Hall–Kier alpha value is 0.440. The van der Waals surface area contributed by atoms with E-state index in [0.29, 0.717) is 11.5 Å². The molecule has 0 bridgehead atoms. The van der Waals surface area contributed by atoms with Crippen molar-refractivity contribution in [3.8, 4) is 0 Å². The molecule has 2 unspecified atom stereocenters. The quantitative estimate of drug-likeness (QED) is 0.658. The third-order valence-electron chi connectivity index (χ3n) is 5.79. The van der Waals surface area contributed by atoms with E-state index < -0.39 is 0 Å². The van der Waals surface area contributed by atoms with Crippen LogP contribution in [0.25, 0.3) is 0 Å². The fourth-order valence-electron chi connectivity index (χ4n) is 4.11. The zero-order valence-electron chi connectivity index (χ0n) is 11.5. The zero-order chi connectivity index (χ0) is 12.4. The van der Waals surface area contributed by atoms with Crippen molar-refractivity contribution in [2.75, 3.05) is 6.61 Å². The molecule has 0 aromatic rings. The fourth-order valence-corrected chi connectivity index (χ4v) is 5.21. The number of halogens is 1. The van der Waals surface area contributed by atoms with Gasteiger partial charge in [-0.2, -0.15) is 0 Å². The first-order valence-corrected chi connectivity index (χ1v) is 8.98. The summed E-state index contributed by atoms with van der Waals surface area (Å²) >= 11 is 3.92. The second-order valence-electron chi connectivity index (χ2n) is 6.80. The highest BCUT2D eigenvalue weighted by molar-refractivity contribution is 9.09. The van der Waals surface area contributed by atoms with Gasteiger partial charge >= 0.3 is 0 Å². The summed E-state index contributed by atoms with van der Waals surface area (Å²) in [6, 6.07) is 0. The first-order chi connectivity index (χ1) is 8.81. The van der Waals surface area contributed by atoms with Crippen LogP contribution in [-0.2, 0) is 4.74 Å². The lowest BCUT2D eigenvalue weighted by Gasteiger charge is -2.53. The monoisotopic (exact) mass is 314 g/mol. The van der Waals surface area contributed by atoms with Gasteiger partial charge in [-0.3, -0.25) is 0 Å². The van der Waals surface area contributed by atoms with Crippen molar-refractivity contribution in [3.63, 3.8) is 0 Å². The SMILES string of the molecule is BrC1CC(OCCC2CCC2)C12CCCCCC2. The summed E-state index contributed by atoms with van der Waals surface area (Å²) in [7, 11) is 0. The summed E-state index contributed by atoms with van der Waals surface area (Å²) in [4.78, 5) is 0.733. The van der Waals surface area contributed by atoms with Crippen molar-refractivity contribution in [3.05, 3.63) is 0 Å². The Morgan fingerprint density at radius 2 is 1.72 bits per heavy atom. The molecule has 18 heavy (non-hydrogen) atoms. The average Bonchev–Trinajstić information content (AvgIpc) is 2.58. The van der Waals surface area contributed by atoms with Gasteiger partial charge in [-0.15, -0.1) is 0 Å². The number of alkyl halides is 1. The molecule has 0 heterocycles. The molecule has 1 spiro atoms. The van der Waals surface area contributed by atoms with Crippen LogP contribution in [0.15, 0.2) is 0 Å². The lowest BCUT2D eigenvalue weighted by atomic mass is 9.61. The van der Waals surface area contributed by atoms with Crippen molar-refractivity contribution < 1.29 is 4.74 Å². The largest absolute Gasteiger partial charge is 0.378 e. The van der Waals surface area contributed by atoms with Crippen LogP contribution < -0.4 is 0 Å². The Morgan fingerprint density at radius 3 is 2.28 bits per heavy atom. The average molecular weight is 315 g/mol. The molecule has 2 heteroatoms. The molecule has 0 radical (unpaired) electrons. The van der Waals surface area contributed by atoms with Crippen LogP contribution in [-0.4, -0.2) is 17.5 Å². The third-order valence-corrected chi connectivity index (χ3v) is 7.08. The van der Waals surface area contributed by atoms with E-state index in [1.807, 2.05) is 0 Å². The predicted molar refractivity (Wildman–Crippen MR) is 79.2 cm³/mol. The standard InChI is InChI=1S/C16H27BrO/c17-14-12-15(18-11-8-13-6-5-7-13)16(14)9-3-1-2-4-10-16/h13-15H,1-12H2. The molecular formula is C16H27BrO. The van der Waals surface area contributed by atoms with Crippen LogP contribution in [0.3, 0.4) is 0 Å². The number of rotatable bonds is 4. The van der Waals surface area contributed by atoms with Crippen molar-refractivity contribution in [2.45, 2.75) is 81.6 Å². The van der Waals surface area contributed by atoms with Gasteiger partial charge < -0.3 is 4.74 Å². The smallest absolute Gasteiger partial charge is 0.0652 e. The van der Waals surface area contributed by atoms with Crippen molar-refractivity contribution in [1.29, 1.82) is 0 Å². The van der Waals surface area contributed by atoms with Crippen LogP contribution in [0, 0.1) is 11.3 Å². The van der Waals surface area contributed by atoms with E-state index in [0.717, 1.165) is 17.4 Å². The van der Waals surface area contributed by atoms with E-state index in [1.54, 1.807) is 0 Å². The van der Waals surface area contributed by atoms with Gasteiger partial charge in [0, 0.05) is 16.8 Å². The highest BCUT2D eigenvalue weighted by atomic mass is 79.9. The van der Waals surface area contributed by atoms with Crippen LogP contribution in [0.5, 0.6) is 0 Å². The van der Waals surface area contributed by atoms with E-state index in [-0.39, 0.29) is 0 Å². The number of hydrogen-bond donors (Lipinski definition) is 0. The molecule has 0 aromatic carbocycles. The number of hydrogen-bond acceptors (Lipinski definition) is 1. The highest BCUT2D eigenvalue weighted by Gasteiger charge is 2.53. The van der Waals surface area contributed by atoms with Gasteiger partial charge in [-0.25, -0.2) is 0 Å². The van der Waals surface area contributed by atoms with Gasteiger partial charge in [0.2, 0.25) is 0 Å². The van der Waals surface area contributed by atoms with Crippen LogP contribution in [0.2, 0.25) is 0 Å². The summed E-state index contributed by atoms with van der Waals surface area (Å²) < 4.78 is 6.27. The minimum atomic E-state index is 0.510. The van der Waals surface area contributed by atoms with Gasteiger partial charge in [-0.05, 0) is 31.6 Å². The first-order valence-electron chi connectivity index (χ1n) is 8.07. The van der Waals surface area contributed by atoms with E-state index >= 15 is 0 Å². The minimum absolute atomic E-state index is 0.510. The molecule has 0 N–H and O–H groups in total. The van der Waals surface area contributed by atoms with E-state index in [1.165, 1.54) is 70.6 Å². The van der Waals surface area contributed by atoms with Gasteiger partial charge in [0.15, 0.2) is 0 Å². The Balaban J connectivity index is 1.48. The number of ether oxygens (including phenoxy) is 1. The Kier molecular flexibility index (Phi) is 4.35. The van der Waals surface area contributed by atoms with Crippen LogP contribution in [0.4, 0.5) is 0 Å². The van der Waals surface area contributed by atoms with E-state index in [9.17, 15) is 0 Å². The molecule has 3 aliphatic carbocycles. The maximum absolute atomic E-state index is 6.27. The summed E-state index contributed by atoms with van der Waals surface area (Å²) in [5.41, 5.74) is 0.510. The van der Waals surface area contributed by atoms with Gasteiger partial charge in [0.05, 0.1) is 6.10 Å². The molecule has 2 atom stereocenters. The summed E-state index contributed by atoms with van der Waals surface area (Å²) in [5.74, 6) is 0.995. The molecule has 1 nitrogen and oxygen atoms in total. The normalized spacial score (nSPS) is 35.8. The Bertz CT molecular complexity index is 266. The molecule has 3 aliphatic rings. The molecule has 0 aromatic heterocycles. The third kappa shape index (κ3) is 2.52. The molecule has 0 amide bonds. The zero-order valence-corrected chi connectivity index (χ0v) is 13.1. The molecule has 0 saturated heterocycles. The summed E-state index contributed by atoms with van der Waals surface area (Å²) in [5, 5.41) is 0. The summed E-state index contributed by atoms with van der Waals surface area (Å²) in [6.45, 7) is 1.02. The molecule has 3 saturated carbocycles. The van der Waals surface area contributed by atoms with Crippen LogP contribution in [0.1, 0.15) is 70.6 Å².